The molecule has 4 rings (SSSR count). The Hall–Kier alpha value is -2.59. The fourth-order valence-electron chi connectivity index (χ4n) is 3.28. The number of alkyl halides is 3. The van der Waals surface area contributed by atoms with E-state index in [9.17, 15) is 13.2 Å². The Balaban J connectivity index is 1.87. The maximum Gasteiger partial charge on any atom is 0.573 e. The first kappa shape index (κ1) is 18.8. The van der Waals surface area contributed by atoms with Gasteiger partial charge in [0, 0.05) is 4.47 Å². The van der Waals surface area contributed by atoms with E-state index in [1.54, 1.807) is 0 Å². The second-order valence-electron chi connectivity index (χ2n) is 6.10. The van der Waals surface area contributed by atoms with Crippen LogP contribution in [0.2, 0.25) is 0 Å². The molecule has 6 nitrogen and oxygen atoms in total. The van der Waals surface area contributed by atoms with Gasteiger partial charge in [0.25, 0.3) is 0 Å². The first-order valence-electron chi connectivity index (χ1n) is 8.25. The van der Waals surface area contributed by atoms with Gasteiger partial charge in [-0.3, -0.25) is 9.83 Å². The standard InChI is InChI=1S/C18H14BrF3N4O2/c19-13-3-1-2-12(10-13)17(15-24-8-9-27-26(15)16(23)25-17)11-4-6-14(7-5-11)28-18(20,21)22/h1-7,10H,8-9H2,(H2,23,25). The summed E-state index contributed by atoms with van der Waals surface area (Å²) in [5.41, 5.74) is 6.24. The van der Waals surface area contributed by atoms with Crippen LogP contribution in [0.25, 0.3) is 0 Å². The van der Waals surface area contributed by atoms with Crippen LogP contribution in [0.5, 0.6) is 5.75 Å². The predicted molar refractivity (Wildman–Crippen MR) is 99.8 cm³/mol. The quantitative estimate of drug-likeness (QED) is 0.769. The van der Waals surface area contributed by atoms with Crippen LogP contribution in [-0.2, 0) is 10.4 Å². The zero-order valence-electron chi connectivity index (χ0n) is 14.3. The van der Waals surface area contributed by atoms with Crippen LogP contribution in [0.1, 0.15) is 11.1 Å². The van der Waals surface area contributed by atoms with E-state index < -0.39 is 11.9 Å². The molecule has 2 N–H and O–H groups in total. The molecule has 1 unspecified atom stereocenters. The largest absolute Gasteiger partial charge is 0.573 e. The molecule has 0 aliphatic carbocycles. The summed E-state index contributed by atoms with van der Waals surface area (Å²) >= 11 is 3.44. The Morgan fingerprint density at radius 3 is 2.57 bits per heavy atom. The number of hydrogen-bond donors (Lipinski definition) is 1. The molecule has 2 heterocycles. The highest BCUT2D eigenvalue weighted by molar-refractivity contribution is 9.10. The fourth-order valence-corrected chi connectivity index (χ4v) is 3.68. The molecule has 0 bridgehead atoms. The normalized spacial score (nSPS) is 21.8. The first-order chi connectivity index (χ1) is 13.3. The SMILES string of the molecule is NC1=NC(c2ccc(OC(F)(F)F)cc2)(c2cccc(Br)c2)C2=NCCON12. The summed E-state index contributed by atoms with van der Waals surface area (Å²) in [5.74, 6) is 0.252. The van der Waals surface area contributed by atoms with Gasteiger partial charge in [0.05, 0.1) is 13.2 Å². The van der Waals surface area contributed by atoms with E-state index in [0.29, 0.717) is 24.6 Å². The van der Waals surface area contributed by atoms with Crippen LogP contribution < -0.4 is 10.5 Å². The lowest BCUT2D eigenvalue weighted by Crippen LogP contribution is -2.46. The minimum absolute atomic E-state index is 0.119. The highest BCUT2D eigenvalue weighted by Gasteiger charge is 2.50. The molecule has 2 aromatic carbocycles. The van der Waals surface area contributed by atoms with E-state index >= 15 is 0 Å². The van der Waals surface area contributed by atoms with Gasteiger partial charge in [0.2, 0.25) is 5.96 Å². The molecule has 0 fully saturated rings. The lowest BCUT2D eigenvalue weighted by Gasteiger charge is -2.32. The Bertz CT molecular complexity index is 962. The summed E-state index contributed by atoms with van der Waals surface area (Å²) < 4.78 is 42.3. The fraction of sp³-hybridized carbons (Fsp3) is 0.222. The van der Waals surface area contributed by atoms with Crippen LogP contribution >= 0.6 is 15.9 Å². The van der Waals surface area contributed by atoms with Gasteiger partial charge in [-0.2, -0.15) is 5.06 Å². The number of aliphatic imine (C=N–C) groups is 2. The summed E-state index contributed by atoms with van der Waals surface area (Å²) in [6.45, 7) is 0.770. The third-order valence-electron chi connectivity index (χ3n) is 4.33. The van der Waals surface area contributed by atoms with E-state index in [2.05, 4.69) is 30.7 Å². The van der Waals surface area contributed by atoms with Crippen LogP contribution in [0.15, 0.2) is 63.0 Å². The van der Waals surface area contributed by atoms with Gasteiger partial charge in [-0.15, -0.1) is 13.2 Å². The Morgan fingerprint density at radius 2 is 1.89 bits per heavy atom. The van der Waals surface area contributed by atoms with Gasteiger partial charge >= 0.3 is 6.36 Å². The summed E-state index contributed by atoms with van der Waals surface area (Å²) in [5, 5.41) is 1.37. The van der Waals surface area contributed by atoms with Gasteiger partial charge in [-0.05, 0) is 35.4 Å². The van der Waals surface area contributed by atoms with Crippen molar-refractivity contribution in [2.24, 2.45) is 15.7 Å². The minimum atomic E-state index is -4.77. The third kappa shape index (κ3) is 3.22. The second kappa shape index (κ2) is 6.78. The second-order valence-corrected chi connectivity index (χ2v) is 7.01. The number of amidine groups is 1. The average Bonchev–Trinajstić information content (AvgIpc) is 2.95. The van der Waals surface area contributed by atoms with Gasteiger partial charge in [-0.1, -0.05) is 40.2 Å². The molecule has 10 heteroatoms. The number of fused-ring (bicyclic) bond motifs is 1. The van der Waals surface area contributed by atoms with Gasteiger partial charge in [0.15, 0.2) is 11.4 Å². The molecule has 2 aromatic rings. The van der Waals surface area contributed by atoms with Gasteiger partial charge < -0.3 is 10.5 Å². The Kier molecular flexibility index (Phi) is 4.54. The zero-order valence-corrected chi connectivity index (χ0v) is 15.9. The molecule has 2 aliphatic heterocycles. The molecule has 0 radical (unpaired) electrons. The summed E-state index contributed by atoms with van der Waals surface area (Å²) in [4.78, 5) is 14.8. The maximum atomic E-state index is 12.5. The van der Waals surface area contributed by atoms with Crippen LogP contribution in [0, 0.1) is 0 Å². The van der Waals surface area contributed by atoms with Crippen LogP contribution in [0.4, 0.5) is 13.2 Å². The average molecular weight is 455 g/mol. The molecule has 0 spiro atoms. The lowest BCUT2D eigenvalue weighted by atomic mass is 9.82. The predicted octanol–water partition coefficient (Wildman–Crippen LogP) is 3.57. The number of hydroxylamine groups is 2. The Labute approximate surface area is 166 Å². The number of hydrogen-bond acceptors (Lipinski definition) is 6. The Morgan fingerprint density at radius 1 is 1.14 bits per heavy atom. The smallest absolute Gasteiger partial charge is 0.406 e. The summed E-state index contributed by atoms with van der Waals surface area (Å²) in [6, 6.07) is 12.9. The zero-order chi connectivity index (χ0) is 19.9. The maximum absolute atomic E-state index is 12.5. The summed E-state index contributed by atoms with van der Waals surface area (Å²) in [6.07, 6.45) is -4.77. The number of ether oxygens (including phenoxy) is 1. The van der Waals surface area contributed by atoms with Crippen molar-refractivity contribution in [1.29, 1.82) is 0 Å². The molecular formula is C18H14BrF3N4O2. The molecule has 0 saturated carbocycles. The highest BCUT2D eigenvalue weighted by Crippen LogP contribution is 2.42. The van der Waals surface area contributed by atoms with Crippen molar-refractivity contribution in [3.8, 4) is 5.75 Å². The molecule has 28 heavy (non-hydrogen) atoms. The molecular weight excluding hydrogens is 441 g/mol. The van der Waals surface area contributed by atoms with Crippen molar-refractivity contribution in [3.63, 3.8) is 0 Å². The van der Waals surface area contributed by atoms with Crippen molar-refractivity contribution in [2.45, 2.75) is 11.9 Å². The number of guanidine groups is 1. The lowest BCUT2D eigenvalue weighted by molar-refractivity contribution is -0.274. The first-order valence-corrected chi connectivity index (χ1v) is 9.04. The topological polar surface area (TPSA) is 72.4 Å². The van der Waals surface area contributed by atoms with Crippen molar-refractivity contribution < 1.29 is 22.7 Å². The summed E-state index contributed by atoms with van der Waals surface area (Å²) in [7, 11) is 0. The van der Waals surface area contributed by atoms with Crippen molar-refractivity contribution in [2.75, 3.05) is 13.2 Å². The number of nitrogens with two attached hydrogens (primary N) is 1. The highest BCUT2D eigenvalue weighted by atomic mass is 79.9. The van der Waals surface area contributed by atoms with Crippen LogP contribution in [-0.4, -0.2) is 36.4 Å². The van der Waals surface area contributed by atoms with Crippen LogP contribution in [0.3, 0.4) is 0 Å². The number of benzene rings is 2. The van der Waals surface area contributed by atoms with E-state index in [1.807, 2.05) is 24.3 Å². The van der Waals surface area contributed by atoms with Gasteiger partial charge in [-0.25, -0.2) is 4.99 Å². The number of rotatable bonds is 3. The van der Waals surface area contributed by atoms with Crippen molar-refractivity contribution >= 4 is 27.7 Å². The molecule has 2 aliphatic rings. The molecule has 0 saturated heterocycles. The minimum Gasteiger partial charge on any atom is -0.406 e. The van der Waals surface area contributed by atoms with E-state index in [1.165, 1.54) is 29.3 Å². The van der Waals surface area contributed by atoms with E-state index in [0.717, 1.165) is 10.0 Å². The number of halogens is 4. The molecule has 0 aromatic heterocycles. The third-order valence-corrected chi connectivity index (χ3v) is 4.82. The monoisotopic (exact) mass is 454 g/mol. The van der Waals surface area contributed by atoms with Gasteiger partial charge in [0.1, 0.15) is 5.75 Å². The van der Waals surface area contributed by atoms with E-state index in [4.69, 9.17) is 10.6 Å². The number of nitrogens with zero attached hydrogens (tertiary/aromatic N) is 3. The van der Waals surface area contributed by atoms with E-state index in [-0.39, 0.29) is 11.7 Å². The molecule has 1 atom stereocenters. The van der Waals surface area contributed by atoms with Crippen molar-refractivity contribution in [1.82, 2.24) is 5.06 Å². The van der Waals surface area contributed by atoms with Crippen molar-refractivity contribution in [3.05, 3.63) is 64.1 Å². The molecule has 0 amide bonds. The molecule has 146 valence electrons.